The van der Waals surface area contributed by atoms with Gasteiger partial charge in [0.05, 0.1) is 16.8 Å². The number of carbonyl (C=O) groups is 3. The van der Waals surface area contributed by atoms with Gasteiger partial charge in [0.2, 0.25) is 0 Å². The normalized spacial score (nSPS) is 12.9. The van der Waals surface area contributed by atoms with Crippen molar-refractivity contribution >= 4 is 45.0 Å². The van der Waals surface area contributed by atoms with E-state index in [1.54, 1.807) is 30.3 Å². The lowest BCUT2D eigenvalue weighted by atomic mass is 10.1. The molecule has 0 atom stereocenters. The largest absolute Gasteiger partial charge is 0.322 e. The molecule has 0 fully saturated rings. The van der Waals surface area contributed by atoms with E-state index in [2.05, 4.69) is 21.2 Å². The molecular formula is C22H15BrN2O3. The number of para-hydroxylation sites is 1. The number of hydrogen-bond acceptors (Lipinski definition) is 3. The molecule has 0 spiro atoms. The zero-order valence-corrected chi connectivity index (χ0v) is 16.5. The highest BCUT2D eigenvalue weighted by molar-refractivity contribution is 9.10. The van der Waals surface area contributed by atoms with Gasteiger partial charge in [-0.05, 0) is 61.0 Å². The minimum atomic E-state index is -0.424. The molecule has 0 bridgehead atoms. The molecule has 0 aromatic heterocycles. The van der Waals surface area contributed by atoms with Crippen molar-refractivity contribution in [3.05, 3.63) is 93.5 Å². The fraction of sp³-hybridized carbons (Fsp3) is 0.0455. The van der Waals surface area contributed by atoms with Crippen LogP contribution in [0.4, 0.5) is 11.4 Å². The van der Waals surface area contributed by atoms with E-state index in [4.69, 9.17) is 0 Å². The van der Waals surface area contributed by atoms with E-state index in [0.717, 1.165) is 14.9 Å². The predicted molar refractivity (Wildman–Crippen MR) is 111 cm³/mol. The topological polar surface area (TPSA) is 66.5 Å². The number of anilines is 2. The molecule has 3 amide bonds. The van der Waals surface area contributed by atoms with Gasteiger partial charge >= 0.3 is 0 Å². The number of nitrogens with one attached hydrogen (secondary N) is 1. The lowest BCUT2D eigenvalue weighted by molar-refractivity contribution is 0.0925. The van der Waals surface area contributed by atoms with Gasteiger partial charge in [-0.25, -0.2) is 4.90 Å². The van der Waals surface area contributed by atoms with Crippen molar-refractivity contribution in [3.63, 3.8) is 0 Å². The Balaban J connectivity index is 1.64. The maximum absolute atomic E-state index is 12.9. The van der Waals surface area contributed by atoms with Crippen molar-refractivity contribution in [1.82, 2.24) is 0 Å². The standard InChI is InChI=1S/C22H15BrN2O3/c1-13-4-2-3-5-19(13)25-21(27)17-11-6-14(12-18(17)22(25)28)20(26)24-16-9-7-15(23)8-10-16/h2-12H,1H3,(H,24,26). The minimum absolute atomic E-state index is 0.233. The summed E-state index contributed by atoms with van der Waals surface area (Å²) in [5.41, 5.74) is 2.86. The lowest BCUT2D eigenvalue weighted by Crippen LogP contribution is -2.29. The third-order valence-electron chi connectivity index (χ3n) is 4.61. The van der Waals surface area contributed by atoms with Crippen LogP contribution in [0.3, 0.4) is 0 Å². The molecule has 1 N–H and O–H groups in total. The van der Waals surface area contributed by atoms with Crippen molar-refractivity contribution in [1.29, 1.82) is 0 Å². The summed E-state index contributed by atoms with van der Waals surface area (Å²) in [6.45, 7) is 1.84. The minimum Gasteiger partial charge on any atom is -0.322 e. The highest BCUT2D eigenvalue weighted by Crippen LogP contribution is 2.31. The molecule has 3 aromatic carbocycles. The van der Waals surface area contributed by atoms with Crippen LogP contribution in [0.15, 0.2) is 71.2 Å². The van der Waals surface area contributed by atoms with Crippen LogP contribution < -0.4 is 10.2 Å². The molecule has 28 heavy (non-hydrogen) atoms. The molecule has 0 unspecified atom stereocenters. The molecular weight excluding hydrogens is 420 g/mol. The summed E-state index contributed by atoms with van der Waals surface area (Å²) < 4.78 is 0.906. The molecule has 0 aliphatic carbocycles. The zero-order chi connectivity index (χ0) is 19.8. The number of amides is 3. The summed E-state index contributed by atoms with van der Waals surface area (Å²) in [6, 6.07) is 18.9. The maximum atomic E-state index is 12.9. The first kappa shape index (κ1) is 18.1. The summed E-state index contributed by atoms with van der Waals surface area (Å²) in [5, 5.41) is 2.79. The molecule has 6 heteroatoms. The number of carbonyl (C=O) groups excluding carboxylic acids is 3. The second-order valence-corrected chi connectivity index (χ2v) is 7.37. The Hall–Kier alpha value is -3.25. The summed E-state index contributed by atoms with van der Waals surface area (Å²) in [6.07, 6.45) is 0. The molecule has 4 rings (SSSR count). The average Bonchev–Trinajstić information content (AvgIpc) is 2.94. The van der Waals surface area contributed by atoms with E-state index in [1.807, 2.05) is 31.2 Å². The lowest BCUT2D eigenvalue weighted by Gasteiger charge is -2.16. The van der Waals surface area contributed by atoms with E-state index < -0.39 is 5.91 Å². The Morgan fingerprint density at radius 1 is 0.893 bits per heavy atom. The van der Waals surface area contributed by atoms with Gasteiger partial charge in [0.25, 0.3) is 17.7 Å². The van der Waals surface area contributed by atoms with E-state index >= 15 is 0 Å². The molecule has 3 aromatic rings. The fourth-order valence-corrected chi connectivity index (χ4v) is 3.42. The van der Waals surface area contributed by atoms with Crippen molar-refractivity contribution in [2.45, 2.75) is 6.92 Å². The van der Waals surface area contributed by atoms with Gasteiger partial charge in [-0.2, -0.15) is 0 Å². The van der Waals surface area contributed by atoms with Gasteiger partial charge in [-0.1, -0.05) is 34.1 Å². The van der Waals surface area contributed by atoms with E-state index in [9.17, 15) is 14.4 Å². The predicted octanol–water partition coefficient (Wildman–Crippen LogP) is 4.81. The van der Waals surface area contributed by atoms with E-state index in [1.165, 1.54) is 12.1 Å². The number of fused-ring (bicyclic) bond motifs is 1. The average molecular weight is 435 g/mol. The molecule has 0 saturated heterocycles. The third kappa shape index (κ3) is 3.12. The second-order valence-electron chi connectivity index (χ2n) is 6.45. The molecule has 0 saturated carbocycles. The van der Waals surface area contributed by atoms with Gasteiger partial charge in [0, 0.05) is 15.7 Å². The SMILES string of the molecule is Cc1ccccc1N1C(=O)c2ccc(C(=O)Nc3ccc(Br)cc3)cc2C1=O. The van der Waals surface area contributed by atoms with Crippen LogP contribution in [0.25, 0.3) is 0 Å². The molecule has 5 nitrogen and oxygen atoms in total. The Bertz CT molecular complexity index is 1120. The highest BCUT2D eigenvalue weighted by Gasteiger charge is 2.37. The van der Waals surface area contributed by atoms with Gasteiger partial charge in [-0.15, -0.1) is 0 Å². The Labute approximate surface area is 170 Å². The van der Waals surface area contributed by atoms with Crippen LogP contribution in [0.5, 0.6) is 0 Å². The monoisotopic (exact) mass is 434 g/mol. The number of halogens is 1. The van der Waals surface area contributed by atoms with Crippen LogP contribution in [-0.2, 0) is 0 Å². The van der Waals surface area contributed by atoms with Gasteiger partial charge in [0.15, 0.2) is 0 Å². The smallest absolute Gasteiger partial charge is 0.266 e. The summed E-state index contributed by atoms with van der Waals surface area (Å²) in [7, 11) is 0. The molecule has 1 aliphatic heterocycles. The van der Waals surface area contributed by atoms with Crippen molar-refractivity contribution in [2.24, 2.45) is 0 Å². The maximum Gasteiger partial charge on any atom is 0.266 e. The van der Waals surface area contributed by atoms with E-state index in [-0.39, 0.29) is 17.4 Å². The molecule has 0 radical (unpaired) electrons. The first-order valence-electron chi connectivity index (χ1n) is 8.61. The molecule has 1 heterocycles. The van der Waals surface area contributed by atoms with Crippen LogP contribution in [0.2, 0.25) is 0 Å². The summed E-state index contributed by atoms with van der Waals surface area (Å²) in [4.78, 5) is 39.4. The second kappa shape index (κ2) is 7.05. The first-order chi connectivity index (χ1) is 13.5. The highest BCUT2D eigenvalue weighted by atomic mass is 79.9. The molecule has 138 valence electrons. The van der Waals surface area contributed by atoms with Gasteiger partial charge < -0.3 is 5.32 Å². The number of imide groups is 1. The fourth-order valence-electron chi connectivity index (χ4n) is 3.15. The Morgan fingerprint density at radius 2 is 1.57 bits per heavy atom. The first-order valence-corrected chi connectivity index (χ1v) is 9.40. The van der Waals surface area contributed by atoms with E-state index in [0.29, 0.717) is 22.5 Å². The van der Waals surface area contributed by atoms with Crippen LogP contribution in [-0.4, -0.2) is 17.7 Å². The van der Waals surface area contributed by atoms with Crippen molar-refractivity contribution in [2.75, 3.05) is 10.2 Å². The molecule has 1 aliphatic rings. The van der Waals surface area contributed by atoms with Crippen LogP contribution in [0, 0.1) is 6.92 Å². The van der Waals surface area contributed by atoms with Crippen LogP contribution in [0.1, 0.15) is 36.6 Å². The number of benzene rings is 3. The third-order valence-corrected chi connectivity index (χ3v) is 5.14. The van der Waals surface area contributed by atoms with Gasteiger partial charge in [0.1, 0.15) is 0 Å². The quantitative estimate of drug-likeness (QED) is 0.601. The van der Waals surface area contributed by atoms with Gasteiger partial charge in [-0.3, -0.25) is 14.4 Å². The van der Waals surface area contributed by atoms with Crippen LogP contribution >= 0.6 is 15.9 Å². The summed E-state index contributed by atoms with van der Waals surface area (Å²) in [5.74, 6) is -1.15. The van der Waals surface area contributed by atoms with Crippen molar-refractivity contribution < 1.29 is 14.4 Å². The number of rotatable bonds is 3. The Kier molecular flexibility index (Phi) is 4.57. The Morgan fingerprint density at radius 3 is 2.29 bits per heavy atom. The summed E-state index contributed by atoms with van der Waals surface area (Å²) >= 11 is 3.35. The zero-order valence-electron chi connectivity index (χ0n) is 14.9. The number of aryl methyl sites for hydroxylation is 1. The van der Waals surface area contributed by atoms with Crippen molar-refractivity contribution in [3.8, 4) is 0 Å². The number of nitrogens with zero attached hydrogens (tertiary/aromatic N) is 1. The number of hydrogen-bond donors (Lipinski definition) is 1.